The number of nitrogens with zero attached hydrogens (tertiary/aromatic N) is 2. The van der Waals surface area contributed by atoms with Crippen molar-refractivity contribution in [2.75, 3.05) is 6.54 Å². The minimum atomic E-state index is 0.214. The third kappa shape index (κ3) is 1.93. The molecule has 0 saturated carbocycles. The van der Waals surface area contributed by atoms with Crippen molar-refractivity contribution >= 4 is 0 Å². The van der Waals surface area contributed by atoms with Crippen LogP contribution in [0, 0.1) is 0 Å². The van der Waals surface area contributed by atoms with Crippen LogP contribution in [0.5, 0.6) is 0 Å². The first kappa shape index (κ1) is 10.7. The van der Waals surface area contributed by atoms with E-state index < -0.39 is 0 Å². The maximum Gasteiger partial charge on any atom is 0.0948 e. The Labute approximate surface area is 91.9 Å². The predicted octanol–water partition coefficient (Wildman–Crippen LogP) is 2.15. The number of imidazole rings is 1. The molecule has 1 saturated heterocycles. The van der Waals surface area contributed by atoms with Crippen LogP contribution >= 0.6 is 0 Å². The largest absolute Gasteiger partial charge is 0.334 e. The van der Waals surface area contributed by atoms with Crippen LogP contribution in [-0.4, -0.2) is 21.6 Å². The van der Waals surface area contributed by atoms with E-state index in [-0.39, 0.29) is 5.54 Å². The van der Waals surface area contributed by atoms with Crippen LogP contribution in [-0.2, 0) is 6.54 Å². The van der Waals surface area contributed by atoms with Gasteiger partial charge < -0.3 is 9.88 Å². The average molecular weight is 207 g/mol. The number of aromatic nitrogens is 2. The van der Waals surface area contributed by atoms with Gasteiger partial charge in [-0.05, 0) is 33.2 Å². The summed E-state index contributed by atoms with van der Waals surface area (Å²) in [6, 6.07) is 0. The van der Waals surface area contributed by atoms with E-state index in [0.717, 1.165) is 13.1 Å². The number of hydrogen-bond donors (Lipinski definition) is 1. The normalized spacial score (nSPS) is 24.6. The van der Waals surface area contributed by atoms with Gasteiger partial charge in [-0.1, -0.05) is 6.92 Å². The lowest BCUT2D eigenvalue weighted by molar-refractivity contribution is 0.394. The topological polar surface area (TPSA) is 29.9 Å². The number of aryl methyl sites for hydroxylation is 1. The van der Waals surface area contributed by atoms with Gasteiger partial charge in [0.1, 0.15) is 0 Å². The van der Waals surface area contributed by atoms with E-state index >= 15 is 0 Å². The summed E-state index contributed by atoms with van der Waals surface area (Å²) < 4.78 is 2.30. The van der Waals surface area contributed by atoms with Gasteiger partial charge in [0, 0.05) is 29.9 Å². The fourth-order valence-corrected chi connectivity index (χ4v) is 2.59. The van der Waals surface area contributed by atoms with Gasteiger partial charge in [0.25, 0.3) is 0 Å². The highest BCUT2D eigenvalue weighted by Crippen LogP contribution is 2.35. The van der Waals surface area contributed by atoms with Crippen LogP contribution in [0.2, 0.25) is 0 Å². The first-order valence-electron chi connectivity index (χ1n) is 5.90. The van der Waals surface area contributed by atoms with E-state index in [1.54, 1.807) is 0 Å². The van der Waals surface area contributed by atoms with Crippen molar-refractivity contribution < 1.29 is 0 Å². The molecule has 1 atom stereocenters. The Balaban J connectivity index is 2.25. The second-order valence-corrected chi connectivity index (χ2v) is 5.00. The second kappa shape index (κ2) is 3.97. The summed E-state index contributed by atoms with van der Waals surface area (Å²) in [7, 11) is 0. The van der Waals surface area contributed by atoms with E-state index in [9.17, 15) is 0 Å². The first-order chi connectivity index (χ1) is 7.15. The summed E-state index contributed by atoms with van der Waals surface area (Å²) in [4.78, 5) is 4.29. The Bertz CT molecular complexity index is 327. The molecule has 1 aromatic heterocycles. The van der Waals surface area contributed by atoms with Crippen molar-refractivity contribution in [2.24, 2.45) is 0 Å². The summed E-state index contributed by atoms with van der Waals surface area (Å²) >= 11 is 0. The fourth-order valence-electron chi connectivity index (χ4n) is 2.59. The van der Waals surface area contributed by atoms with Gasteiger partial charge in [0.05, 0.1) is 6.33 Å². The fraction of sp³-hybridized carbons (Fsp3) is 0.750. The molecule has 0 amide bonds. The van der Waals surface area contributed by atoms with Crippen LogP contribution in [0.25, 0.3) is 0 Å². The molecule has 1 fully saturated rings. The van der Waals surface area contributed by atoms with Crippen molar-refractivity contribution in [1.82, 2.24) is 14.9 Å². The molecular formula is C12H21N3. The van der Waals surface area contributed by atoms with Crippen molar-refractivity contribution in [1.29, 1.82) is 0 Å². The van der Waals surface area contributed by atoms with E-state index in [1.165, 1.54) is 18.5 Å². The van der Waals surface area contributed by atoms with Gasteiger partial charge in [0.2, 0.25) is 0 Å². The molecule has 0 bridgehead atoms. The van der Waals surface area contributed by atoms with Gasteiger partial charge in [-0.3, -0.25) is 0 Å². The van der Waals surface area contributed by atoms with Gasteiger partial charge in [0.15, 0.2) is 0 Å². The van der Waals surface area contributed by atoms with E-state index in [1.807, 2.05) is 12.5 Å². The minimum Gasteiger partial charge on any atom is -0.334 e. The van der Waals surface area contributed by atoms with E-state index in [4.69, 9.17) is 0 Å². The zero-order valence-electron chi connectivity index (χ0n) is 9.95. The van der Waals surface area contributed by atoms with Crippen LogP contribution < -0.4 is 5.32 Å². The van der Waals surface area contributed by atoms with Crippen LogP contribution in [0.15, 0.2) is 12.5 Å². The molecule has 2 rings (SSSR count). The average Bonchev–Trinajstić information content (AvgIpc) is 2.72. The summed E-state index contributed by atoms with van der Waals surface area (Å²) in [6.45, 7) is 8.99. The lowest BCUT2D eigenvalue weighted by Crippen LogP contribution is -2.37. The molecule has 84 valence electrons. The predicted molar refractivity (Wildman–Crippen MR) is 62.0 cm³/mol. The molecule has 1 aliphatic heterocycles. The monoisotopic (exact) mass is 207 g/mol. The Hall–Kier alpha value is -0.830. The Morgan fingerprint density at radius 2 is 2.40 bits per heavy atom. The maximum atomic E-state index is 4.29. The molecule has 0 aromatic carbocycles. The van der Waals surface area contributed by atoms with Gasteiger partial charge >= 0.3 is 0 Å². The highest BCUT2D eigenvalue weighted by Gasteiger charge is 2.36. The molecule has 0 radical (unpaired) electrons. The van der Waals surface area contributed by atoms with Crippen molar-refractivity contribution in [3.05, 3.63) is 18.2 Å². The van der Waals surface area contributed by atoms with Crippen molar-refractivity contribution in [3.63, 3.8) is 0 Å². The van der Waals surface area contributed by atoms with Gasteiger partial charge in [-0.25, -0.2) is 4.98 Å². The molecule has 1 unspecified atom stereocenters. The highest BCUT2D eigenvalue weighted by atomic mass is 15.1. The summed E-state index contributed by atoms with van der Waals surface area (Å²) in [6.07, 6.45) is 6.40. The zero-order valence-corrected chi connectivity index (χ0v) is 9.95. The molecular weight excluding hydrogens is 186 g/mol. The summed E-state index contributed by atoms with van der Waals surface area (Å²) in [5.74, 6) is 0.603. The summed E-state index contributed by atoms with van der Waals surface area (Å²) in [5.41, 5.74) is 1.61. The van der Waals surface area contributed by atoms with E-state index in [0.29, 0.717) is 5.92 Å². The molecule has 0 spiro atoms. The third-order valence-corrected chi connectivity index (χ3v) is 3.45. The Morgan fingerprint density at radius 3 is 3.00 bits per heavy atom. The molecule has 3 heteroatoms. The molecule has 1 aromatic rings. The maximum absolute atomic E-state index is 4.29. The number of rotatable bonds is 3. The van der Waals surface area contributed by atoms with Gasteiger partial charge in [-0.2, -0.15) is 0 Å². The molecule has 3 nitrogen and oxygen atoms in total. The van der Waals surface area contributed by atoms with Crippen molar-refractivity contribution in [2.45, 2.75) is 51.6 Å². The Kier molecular flexibility index (Phi) is 2.83. The SMILES string of the molecule is CCCn1cncc1C1CCNC1(C)C. The number of nitrogens with one attached hydrogen (secondary N) is 1. The smallest absolute Gasteiger partial charge is 0.0948 e. The lowest BCUT2D eigenvalue weighted by Gasteiger charge is -2.27. The first-order valence-corrected chi connectivity index (χ1v) is 5.90. The molecule has 1 N–H and O–H groups in total. The molecule has 15 heavy (non-hydrogen) atoms. The zero-order chi connectivity index (χ0) is 10.9. The van der Waals surface area contributed by atoms with Gasteiger partial charge in [-0.15, -0.1) is 0 Å². The van der Waals surface area contributed by atoms with Crippen LogP contribution in [0.4, 0.5) is 0 Å². The summed E-state index contributed by atoms with van der Waals surface area (Å²) in [5, 5.41) is 3.56. The van der Waals surface area contributed by atoms with Crippen molar-refractivity contribution in [3.8, 4) is 0 Å². The molecule has 0 aliphatic carbocycles. The molecule has 1 aliphatic rings. The highest BCUT2D eigenvalue weighted by molar-refractivity contribution is 5.16. The lowest BCUT2D eigenvalue weighted by atomic mass is 9.87. The third-order valence-electron chi connectivity index (χ3n) is 3.45. The second-order valence-electron chi connectivity index (χ2n) is 5.00. The quantitative estimate of drug-likeness (QED) is 0.823. The standard InChI is InChI=1S/C12H21N3/c1-4-7-15-9-13-8-11(15)10-5-6-14-12(10,2)3/h8-10,14H,4-7H2,1-3H3. The number of hydrogen-bond acceptors (Lipinski definition) is 2. The Morgan fingerprint density at radius 1 is 1.60 bits per heavy atom. The van der Waals surface area contributed by atoms with Crippen LogP contribution in [0.3, 0.4) is 0 Å². The minimum absolute atomic E-state index is 0.214. The van der Waals surface area contributed by atoms with Crippen LogP contribution in [0.1, 0.15) is 45.2 Å². The molecule has 2 heterocycles. The van der Waals surface area contributed by atoms with E-state index in [2.05, 4.69) is 35.6 Å².